The minimum atomic E-state index is -1.59. The van der Waals surface area contributed by atoms with Crippen molar-refractivity contribution in [3.05, 3.63) is 22.4 Å². The monoisotopic (exact) mass is 273 g/mol. The van der Waals surface area contributed by atoms with Crippen molar-refractivity contribution >= 4 is 28.5 Å². The van der Waals surface area contributed by atoms with Crippen LogP contribution in [-0.4, -0.2) is 35.4 Å². The van der Waals surface area contributed by atoms with Gasteiger partial charge in [0.25, 0.3) is 0 Å². The summed E-state index contributed by atoms with van der Waals surface area (Å²) in [6, 6.07) is 0. The van der Waals surface area contributed by atoms with Gasteiger partial charge in [-0.1, -0.05) is 0 Å². The molecule has 0 atom stereocenters. The third-order valence-corrected chi connectivity index (χ3v) is 2.74. The number of pyridine rings is 1. The van der Waals surface area contributed by atoms with Crippen molar-refractivity contribution in [3.63, 3.8) is 0 Å². The summed E-state index contributed by atoms with van der Waals surface area (Å²) >= 11 is 3.28. The summed E-state index contributed by atoms with van der Waals surface area (Å²) in [5.74, 6) is 0. The number of hydrogen-bond donors (Lipinski definition) is 2. The Morgan fingerprint density at radius 3 is 2.60 bits per heavy atom. The fourth-order valence-corrected chi connectivity index (χ4v) is 1.97. The Morgan fingerprint density at radius 1 is 1.33 bits per heavy atom. The van der Waals surface area contributed by atoms with E-state index >= 15 is 0 Å². The Morgan fingerprint density at radius 2 is 2.00 bits per heavy atom. The van der Waals surface area contributed by atoms with Gasteiger partial charge in [-0.3, -0.25) is 4.98 Å². The molecule has 0 radical (unpaired) electrons. The second-order valence-corrected chi connectivity index (χ2v) is 3.93. The van der Waals surface area contributed by atoms with Crippen molar-refractivity contribution in [3.8, 4) is 0 Å². The molecule has 1 aliphatic rings. The summed E-state index contributed by atoms with van der Waals surface area (Å²) in [4.78, 5) is 3.86. The van der Waals surface area contributed by atoms with E-state index in [0.717, 1.165) is 0 Å². The highest BCUT2D eigenvalue weighted by atomic mass is 79.9. The summed E-state index contributed by atoms with van der Waals surface area (Å²) in [6.07, 6.45) is 2.39. The van der Waals surface area contributed by atoms with Crippen LogP contribution < -0.4 is 5.46 Å². The van der Waals surface area contributed by atoms with Gasteiger partial charge >= 0.3 is 7.12 Å². The lowest BCUT2D eigenvalue weighted by molar-refractivity contribution is -0.0440. The third-order valence-electron chi connectivity index (χ3n) is 2.11. The first-order valence-electron chi connectivity index (χ1n) is 4.43. The van der Waals surface area contributed by atoms with Crippen molar-refractivity contribution in [2.45, 2.75) is 6.29 Å². The fraction of sp³-hybridized carbons (Fsp3) is 0.375. The molecule has 0 bridgehead atoms. The standard InChI is InChI=1S/C8H9BBrNO4/c10-6-4-11-3-5(9(12)13)7(6)8-14-1-2-15-8/h3-4,8,12-13H,1-2H2. The molecule has 2 N–H and O–H groups in total. The SMILES string of the molecule is OB(O)c1cncc(Br)c1C1OCCO1. The van der Waals surface area contributed by atoms with Crippen molar-refractivity contribution < 1.29 is 19.5 Å². The lowest BCUT2D eigenvalue weighted by Crippen LogP contribution is -2.35. The van der Waals surface area contributed by atoms with E-state index < -0.39 is 13.4 Å². The molecule has 7 heteroatoms. The Balaban J connectivity index is 2.41. The normalized spacial score (nSPS) is 17.0. The van der Waals surface area contributed by atoms with E-state index in [1.807, 2.05) is 0 Å². The number of rotatable bonds is 2. The maximum absolute atomic E-state index is 9.17. The predicted octanol–water partition coefficient (Wildman–Crippen LogP) is -0.431. The molecule has 0 aromatic carbocycles. The number of hydrogen-bond acceptors (Lipinski definition) is 5. The zero-order chi connectivity index (χ0) is 10.8. The van der Waals surface area contributed by atoms with Crippen LogP contribution in [0.15, 0.2) is 16.9 Å². The smallest absolute Gasteiger partial charge is 0.423 e. The van der Waals surface area contributed by atoms with Crippen LogP contribution in [0.25, 0.3) is 0 Å². The Bertz CT molecular complexity index is 356. The second kappa shape index (κ2) is 4.59. The Kier molecular flexibility index (Phi) is 3.37. The summed E-state index contributed by atoms with van der Waals surface area (Å²) in [5, 5.41) is 18.3. The lowest BCUT2D eigenvalue weighted by atomic mass is 9.78. The molecule has 0 spiro atoms. The molecule has 0 unspecified atom stereocenters. The minimum absolute atomic E-state index is 0.288. The first-order chi connectivity index (χ1) is 7.20. The highest BCUT2D eigenvalue weighted by Gasteiger charge is 2.28. The number of aromatic nitrogens is 1. The van der Waals surface area contributed by atoms with E-state index in [9.17, 15) is 10.0 Å². The van der Waals surface area contributed by atoms with Crippen LogP contribution in [0, 0.1) is 0 Å². The van der Waals surface area contributed by atoms with Gasteiger partial charge in [-0.25, -0.2) is 0 Å². The summed E-state index contributed by atoms with van der Waals surface area (Å²) in [7, 11) is -1.59. The molecule has 2 heterocycles. The topological polar surface area (TPSA) is 71.8 Å². The summed E-state index contributed by atoms with van der Waals surface area (Å²) < 4.78 is 11.3. The molecule has 5 nitrogen and oxygen atoms in total. The maximum Gasteiger partial charge on any atom is 0.490 e. The lowest BCUT2D eigenvalue weighted by Gasteiger charge is -2.15. The van der Waals surface area contributed by atoms with Gasteiger partial charge in [-0.05, 0) is 15.9 Å². The average molecular weight is 274 g/mol. The van der Waals surface area contributed by atoms with Crippen LogP contribution >= 0.6 is 15.9 Å². The molecule has 0 saturated carbocycles. The van der Waals surface area contributed by atoms with Gasteiger partial charge in [-0.15, -0.1) is 0 Å². The van der Waals surface area contributed by atoms with Gasteiger partial charge in [-0.2, -0.15) is 0 Å². The molecule has 2 rings (SSSR count). The summed E-state index contributed by atoms with van der Waals surface area (Å²) in [5.41, 5.74) is 0.869. The van der Waals surface area contributed by atoms with E-state index in [0.29, 0.717) is 23.2 Å². The quantitative estimate of drug-likeness (QED) is 0.716. The molecule has 0 aliphatic carbocycles. The third kappa shape index (κ3) is 2.21. The van der Waals surface area contributed by atoms with Crippen LogP contribution in [0.2, 0.25) is 0 Å². The van der Waals surface area contributed by atoms with E-state index in [1.165, 1.54) is 6.20 Å². The van der Waals surface area contributed by atoms with Crippen LogP contribution in [0.1, 0.15) is 11.9 Å². The van der Waals surface area contributed by atoms with Gasteiger partial charge in [0.05, 0.1) is 13.2 Å². The molecule has 1 aliphatic heterocycles. The average Bonchev–Trinajstić information content (AvgIpc) is 2.70. The molecule has 1 saturated heterocycles. The van der Waals surface area contributed by atoms with Crippen molar-refractivity contribution in [1.29, 1.82) is 0 Å². The number of ether oxygens (including phenoxy) is 2. The van der Waals surface area contributed by atoms with Crippen LogP contribution in [0.3, 0.4) is 0 Å². The van der Waals surface area contributed by atoms with E-state index in [4.69, 9.17) is 9.47 Å². The van der Waals surface area contributed by atoms with Gasteiger partial charge in [0.15, 0.2) is 6.29 Å². The highest BCUT2D eigenvalue weighted by molar-refractivity contribution is 9.10. The summed E-state index contributed by atoms with van der Waals surface area (Å²) in [6.45, 7) is 1.00. The highest BCUT2D eigenvalue weighted by Crippen LogP contribution is 2.27. The predicted molar refractivity (Wildman–Crippen MR) is 56.4 cm³/mol. The van der Waals surface area contributed by atoms with E-state index in [1.54, 1.807) is 6.20 Å². The first kappa shape index (κ1) is 11.0. The zero-order valence-electron chi connectivity index (χ0n) is 7.76. The van der Waals surface area contributed by atoms with Gasteiger partial charge in [0.2, 0.25) is 0 Å². The number of nitrogens with zero attached hydrogens (tertiary/aromatic N) is 1. The van der Waals surface area contributed by atoms with Gasteiger partial charge in [0.1, 0.15) is 0 Å². The molecule has 80 valence electrons. The van der Waals surface area contributed by atoms with E-state index in [2.05, 4.69) is 20.9 Å². The largest absolute Gasteiger partial charge is 0.490 e. The first-order valence-corrected chi connectivity index (χ1v) is 5.22. The van der Waals surface area contributed by atoms with Crippen molar-refractivity contribution in [2.75, 3.05) is 13.2 Å². The molecule has 1 fully saturated rings. The van der Waals surface area contributed by atoms with Crippen LogP contribution in [0.4, 0.5) is 0 Å². The fourth-order valence-electron chi connectivity index (χ4n) is 1.44. The second-order valence-electron chi connectivity index (χ2n) is 3.07. The number of halogens is 1. The molecule has 1 aromatic heterocycles. The van der Waals surface area contributed by atoms with Crippen molar-refractivity contribution in [1.82, 2.24) is 4.98 Å². The maximum atomic E-state index is 9.17. The zero-order valence-corrected chi connectivity index (χ0v) is 9.35. The van der Waals surface area contributed by atoms with Crippen LogP contribution in [0.5, 0.6) is 0 Å². The minimum Gasteiger partial charge on any atom is -0.423 e. The van der Waals surface area contributed by atoms with E-state index in [-0.39, 0.29) is 5.46 Å². The Labute approximate surface area is 95.3 Å². The molecular weight excluding hydrogens is 265 g/mol. The molecule has 15 heavy (non-hydrogen) atoms. The van der Waals surface area contributed by atoms with Gasteiger partial charge in [0, 0.05) is 27.9 Å². The van der Waals surface area contributed by atoms with Crippen molar-refractivity contribution in [2.24, 2.45) is 0 Å². The van der Waals surface area contributed by atoms with Crippen LogP contribution in [-0.2, 0) is 9.47 Å². The Hall–Kier alpha value is -0.465. The molecular formula is C8H9BBrNO4. The van der Waals surface area contributed by atoms with Gasteiger partial charge < -0.3 is 19.5 Å². The molecule has 1 aromatic rings. The molecule has 0 amide bonds.